The first kappa shape index (κ1) is 12.7. The van der Waals surface area contributed by atoms with E-state index in [2.05, 4.69) is 0 Å². The van der Waals surface area contributed by atoms with Crippen LogP contribution < -0.4 is 0 Å². The molecule has 0 saturated carbocycles. The summed E-state index contributed by atoms with van der Waals surface area (Å²) < 4.78 is 0. The van der Waals surface area contributed by atoms with Crippen LogP contribution in [0.2, 0.25) is 0 Å². The molecule has 0 saturated heterocycles. The highest BCUT2D eigenvalue weighted by Crippen LogP contribution is 2.20. The molecular formula is C17H13NO. The van der Waals surface area contributed by atoms with Crippen molar-refractivity contribution in [3.63, 3.8) is 0 Å². The van der Waals surface area contributed by atoms with Gasteiger partial charge in [0.2, 0.25) is 0 Å². The summed E-state index contributed by atoms with van der Waals surface area (Å²) in [5.74, 6) is 0.210. The van der Waals surface area contributed by atoms with Crippen molar-refractivity contribution in [2.24, 2.45) is 0 Å². The van der Waals surface area contributed by atoms with E-state index in [1.165, 1.54) is 6.08 Å². The Labute approximate surface area is 112 Å². The quantitative estimate of drug-likeness (QED) is 0.655. The highest BCUT2D eigenvalue weighted by molar-refractivity contribution is 5.76. The van der Waals surface area contributed by atoms with Crippen molar-refractivity contribution >= 4 is 18.2 Å². The van der Waals surface area contributed by atoms with Crippen molar-refractivity contribution in [2.75, 3.05) is 0 Å². The van der Waals surface area contributed by atoms with E-state index in [4.69, 9.17) is 5.26 Å². The molecule has 0 heterocycles. The van der Waals surface area contributed by atoms with Crippen LogP contribution in [-0.2, 0) is 0 Å². The first-order valence-corrected chi connectivity index (χ1v) is 5.92. The molecule has 2 heteroatoms. The highest BCUT2D eigenvalue weighted by Gasteiger charge is 1.98. The molecule has 0 bridgehead atoms. The number of allylic oxidation sites excluding steroid dienone is 1. The van der Waals surface area contributed by atoms with Gasteiger partial charge in [-0.2, -0.15) is 5.26 Å². The van der Waals surface area contributed by atoms with E-state index in [9.17, 15) is 5.11 Å². The molecule has 0 aliphatic rings. The van der Waals surface area contributed by atoms with Crippen LogP contribution in [0.25, 0.3) is 18.2 Å². The number of hydrogen-bond donors (Lipinski definition) is 1. The summed E-state index contributed by atoms with van der Waals surface area (Å²) in [5.41, 5.74) is 2.85. The summed E-state index contributed by atoms with van der Waals surface area (Å²) >= 11 is 0. The Morgan fingerprint density at radius 2 is 1.68 bits per heavy atom. The first-order valence-electron chi connectivity index (χ1n) is 5.92. The molecule has 0 aliphatic carbocycles. The average molecular weight is 247 g/mol. The number of nitrogens with zero attached hydrogens (tertiary/aromatic N) is 1. The van der Waals surface area contributed by atoms with E-state index in [0.29, 0.717) is 0 Å². The third-order valence-corrected chi connectivity index (χ3v) is 2.66. The highest BCUT2D eigenvalue weighted by atomic mass is 16.3. The van der Waals surface area contributed by atoms with Crippen LogP contribution >= 0.6 is 0 Å². The third-order valence-electron chi connectivity index (χ3n) is 2.66. The number of aromatic hydroxyl groups is 1. The maximum atomic E-state index is 9.54. The van der Waals surface area contributed by atoms with E-state index in [0.717, 1.165) is 16.7 Å². The Morgan fingerprint density at radius 1 is 0.895 bits per heavy atom. The zero-order chi connectivity index (χ0) is 13.5. The number of phenols is 1. The van der Waals surface area contributed by atoms with Crippen LogP contribution in [0.4, 0.5) is 0 Å². The topological polar surface area (TPSA) is 44.0 Å². The number of nitriles is 1. The predicted octanol–water partition coefficient (Wildman–Crippen LogP) is 4.10. The van der Waals surface area contributed by atoms with Gasteiger partial charge in [-0.1, -0.05) is 48.6 Å². The Morgan fingerprint density at radius 3 is 2.42 bits per heavy atom. The van der Waals surface area contributed by atoms with Crippen molar-refractivity contribution in [1.82, 2.24) is 0 Å². The SMILES string of the molecule is N#C/C=C/c1ccc(O)cc1/C=C/c1ccccc1. The Hall–Kier alpha value is -2.79. The zero-order valence-electron chi connectivity index (χ0n) is 10.3. The van der Waals surface area contributed by atoms with Crippen molar-refractivity contribution in [3.05, 3.63) is 71.3 Å². The van der Waals surface area contributed by atoms with Gasteiger partial charge in [0.15, 0.2) is 0 Å². The van der Waals surface area contributed by atoms with E-state index < -0.39 is 0 Å². The van der Waals surface area contributed by atoms with Crippen LogP contribution in [0, 0.1) is 11.3 Å². The molecule has 0 fully saturated rings. The van der Waals surface area contributed by atoms with Gasteiger partial charge in [0.25, 0.3) is 0 Å². The summed E-state index contributed by atoms with van der Waals surface area (Å²) in [5, 5.41) is 18.1. The van der Waals surface area contributed by atoms with Gasteiger partial charge in [-0.05, 0) is 34.9 Å². The fourth-order valence-electron chi connectivity index (χ4n) is 1.74. The van der Waals surface area contributed by atoms with Gasteiger partial charge in [-0.3, -0.25) is 0 Å². The van der Waals surface area contributed by atoms with E-state index in [-0.39, 0.29) is 5.75 Å². The Balaban J connectivity index is 2.33. The molecule has 2 rings (SSSR count). The average Bonchev–Trinajstić information content (AvgIpc) is 2.45. The van der Waals surface area contributed by atoms with E-state index in [1.807, 2.05) is 48.6 Å². The molecule has 0 aliphatic heterocycles. The molecule has 2 aromatic rings. The maximum absolute atomic E-state index is 9.54. The van der Waals surface area contributed by atoms with Gasteiger partial charge >= 0.3 is 0 Å². The minimum atomic E-state index is 0.210. The fraction of sp³-hybridized carbons (Fsp3) is 0. The van der Waals surface area contributed by atoms with Crippen LogP contribution in [0.15, 0.2) is 54.6 Å². The summed E-state index contributed by atoms with van der Waals surface area (Å²) in [7, 11) is 0. The molecule has 0 unspecified atom stereocenters. The number of phenolic OH excluding ortho intramolecular Hbond substituents is 1. The van der Waals surface area contributed by atoms with E-state index in [1.54, 1.807) is 24.3 Å². The maximum Gasteiger partial charge on any atom is 0.116 e. The zero-order valence-corrected chi connectivity index (χ0v) is 10.3. The lowest BCUT2D eigenvalue weighted by Gasteiger charge is -2.02. The molecule has 2 aromatic carbocycles. The molecule has 0 aromatic heterocycles. The molecule has 0 amide bonds. The van der Waals surface area contributed by atoms with Gasteiger partial charge in [-0.25, -0.2) is 0 Å². The normalized spacial score (nSPS) is 10.9. The van der Waals surface area contributed by atoms with Crippen molar-refractivity contribution in [1.29, 1.82) is 5.26 Å². The Kier molecular flexibility index (Phi) is 4.15. The van der Waals surface area contributed by atoms with Crippen molar-refractivity contribution in [3.8, 4) is 11.8 Å². The predicted molar refractivity (Wildman–Crippen MR) is 78.1 cm³/mol. The second kappa shape index (κ2) is 6.23. The molecular weight excluding hydrogens is 234 g/mol. The summed E-state index contributed by atoms with van der Waals surface area (Å²) in [6.07, 6.45) is 7.04. The third kappa shape index (κ3) is 3.58. The lowest BCUT2D eigenvalue weighted by atomic mass is 10.0. The standard InChI is InChI=1S/C17H13NO/c18-12-4-7-15-10-11-17(19)13-16(15)9-8-14-5-2-1-3-6-14/h1-11,13,19H/b7-4+,9-8+. The molecule has 0 spiro atoms. The second-order valence-electron chi connectivity index (χ2n) is 4.02. The molecule has 19 heavy (non-hydrogen) atoms. The smallest absolute Gasteiger partial charge is 0.116 e. The van der Waals surface area contributed by atoms with Gasteiger partial charge in [0.05, 0.1) is 6.07 Å². The number of benzene rings is 2. The van der Waals surface area contributed by atoms with Gasteiger partial charge in [0, 0.05) is 6.08 Å². The Bertz CT molecular complexity index is 649. The molecule has 1 N–H and O–H groups in total. The summed E-state index contributed by atoms with van der Waals surface area (Å²) in [6.45, 7) is 0. The lowest BCUT2D eigenvalue weighted by molar-refractivity contribution is 0.475. The second-order valence-corrected chi connectivity index (χ2v) is 4.02. The van der Waals surface area contributed by atoms with Crippen LogP contribution in [0.5, 0.6) is 5.75 Å². The number of rotatable bonds is 3. The molecule has 92 valence electrons. The molecule has 0 atom stereocenters. The number of hydrogen-bond acceptors (Lipinski definition) is 2. The lowest BCUT2D eigenvalue weighted by Crippen LogP contribution is -1.80. The minimum absolute atomic E-state index is 0.210. The van der Waals surface area contributed by atoms with E-state index >= 15 is 0 Å². The van der Waals surface area contributed by atoms with Crippen LogP contribution in [0.3, 0.4) is 0 Å². The van der Waals surface area contributed by atoms with Crippen LogP contribution in [-0.4, -0.2) is 5.11 Å². The van der Waals surface area contributed by atoms with Gasteiger partial charge in [-0.15, -0.1) is 0 Å². The monoisotopic (exact) mass is 247 g/mol. The first-order chi connectivity index (χ1) is 9.29. The molecule has 0 radical (unpaired) electrons. The summed E-state index contributed by atoms with van der Waals surface area (Å²) in [4.78, 5) is 0. The minimum Gasteiger partial charge on any atom is -0.508 e. The fourth-order valence-corrected chi connectivity index (χ4v) is 1.74. The van der Waals surface area contributed by atoms with Gasteiger partial charge < -0.3 is 5.11 Å². The van der Waals surface area contributed by atoms with Crippen molar-refractivity contribution < 1.29 is 5.11 Å². The summed E-state index contributed by atoms with van der Waals surface area (Å²) in [6, 6.07) is 17.0. The largest absolute Gasteiger partial charge is 0.508 e. The van der Waals surface area contributed by atoms with Crippen molar-refractivity contribution in [2.45, 2.75) is 0 Å². The van der Waals surface area contributed by atoms with Gasteiger partial charge in [0.1, 0.15) is 5.75 Å². The molecule has 2 nitrogen and oxygen atoms in total. The van der Waals surface area contributed by atoms with Crippen LogP contribution in [0.1, 0.15) is 16.7 Å².